The van der Waals surface area contributed by atoms with Crippen LogP contribution in [0.4, 0.5) is 35.9 Å². The van der Waals surface area contributed by atoms with Crippen molar-refractivity contribution in [2.24, 2.45) is 11.3 Å². The summed E-state index contributed by atoms with van der Waals surface area (Å²) >= 11 is 7.36. The molecule has 0 aliphatic carbocycles. The van der Waals surface area contributed by atoms with Crippen LogP contribution in [-0.4, -0.2) is 82.5 Å². The molecule has 13 nitrogen and oxygen atoms in total. The van der Waals surface area contributed by atoms with Gasteiger partial charge in [-0.15, -0.1) is 11.3 Å². The number of thiocarbonyl (C=S) groups is 1. The quantitative estimate of drug-likeness (QED) is 0.0406. The van der Waals surface area contributed by atoms with E-state index in [4.69, 9.17) is 28.9 Å². The molecule has 378 valence electrons. The minimum atomic E-state index is -4.75. The van der Waals surface area contributed by atoms with Crippen LogP contribution in [0.5, 0.6) is 0 Å². The van der Waals surface area contributed by atoms with Crippen LogP contribution in [0.1, 0.15) is 77.6 Å². The van der Waals surface area contributed by atoms with Crippen LogP contribution < -0.4 is 25.8 Å². The Labute approximate surface area is 428 Å². The van der Waals surface area contributed by atoms with Crippen molar-refractivity contribution in [2.45, 2.75) is 98.1 Å². The van der Waals surface area contributed by atoms with Crippen molar-refractivity contribution in [3.63, 3.8) is 0 Å². The topological polar surface area (TPSA) is 147 Å². The van der Waals surface area contributed by atoms with Gasteiger partial charge in [0.2, 0.25) is 17.7 Å². The third kappa shape index (κ3) is 12.0. The van der Waals surface area contributed by atoms with Crippen molar-refractivity contribution in [2.75, 3.05) is 41.4 Å². The lowest BCUT2D eigenvalue weighted by Crippen LogP contribution is -2.58. The van der Waals surface area contributed by atoms with E-state index in [1.54, 1.807) is 35.0 Å². The van der Waals surface area contributed by atoms with Gasteiger partial charge in [-0.1, -0.05) is 82.3 Å². The molecule has 18 heteroatoms. The van der Waals surface area contributed by atoms with Gasteiger partial charge in [-0.25, -0.2) is 9.83 Å². The molecule has 5 aromatic rings. The Morgan fingerprint density at radius 2 is 1.60 bits per heavy atom. The number of nitrogens with one attached hydrogen (secondary N) is 4. The number of rotatable bonds is 17. The smallest absolute Gasteiger partial charge is 0.385 e. The van der Waals surface area contributed by atoms with E-state index in [0.717, 1.165) is 57.1 Å². The van der Waals surface area contributed by atoms with Crippen LogP contribution in [0.15, 0.2) is 96.5 Å². The summed E-state index contributed by atoms with van der Waals surface area (Å²) in [5.74, 6) is -0.790. The number of unbranched alkanes of at least 4 members (excludes halogenated alkanes) is 1. The van der Waals surface area contributed by atoms with E-state index in [1.165, 1.54) is 11.0 Å². The highest BCUT2D eigenvalue weighted by atomic mass is 32.1. The molecule has 72 heavy (non-hydrogen) atoms. The Bertz CT molecular complexity index is 2840. The predicted molar refractivity (Wildman–Crippen MR) is 282 cm³/mol. The minimum absolute atomic E-state index is 0.00157. The van der Waals surface area contributed by atoms with E-state index >= 15 is 0 Å². The largest absolute Gasteiger partial charge is 0.407 e. The molecule has 1 aromatic heterocycles. The molecule has 4 aromatic carbocycles. The molecule has 2 saturated heterocycles. The Balaban J connectivity index is 0.841. The maximum Gasteiger partial charge on any atom is 0.407 e. The van der Waals surface area contributed by atoms with Crippen molar-refractivity contribution in [3.8, 4) is 21.6 Å². The Morgan fingerprint density at radius 1 is 0.958 bits per heavy atom. The number of carbonyl (C=O) groups excluding carboxylic acids is 3. The number of thiazole rings is 1. The molecule has 2 aliphatic rings. The number of amidine groups is 1. The number of carbonyl (C=O) groups is 3. The lowest BCUT2D eigenvalue weighted by atomic mass is 9.85. The highest BCUT2D eigenvalue weighted by Gasteiger charge is 2.48. The summed E-state index contributed by atoms with van der Waals surface area (Å²) in [6, 6.07) is 25.4. The summed E-state index contributed by atoms with van der Waals surface area (Å²) in [6.07, 6.45) is -2.74. The molecule has 4 N–H and O–H groups in total. The Hall–Kier alpha value is -6.68. The lowest BCUT2D eigenvalue weighted by Gasteiger charge is -2.35. The number of anilines is 3. The van der Waals surface area contributed by atoms with E-state index in [9.17, 15) is 27.6 Å². The second-order valence-electron chi connectivity index (χ2n) is 19.9. The van der Waals surface area contributed by atoms with Gasteiger partial charge in [-0.05, 0) is 122 Å². The van der Waals surface area contributed by atoms with Crippen molar-refractivity contribution in [3.05, 3.63) is 125 Å². The number of amides is 3. The van der Waals surface area contributed by atoms with Gasteiger partial charge in [0, 0.05) is 43.3 Å². The number of aryl methyl sites for hydroxylation is 1. The van der Waals surface area contributed by atoms with Crippen molar-refractivity contribution in [1.82, 2.24) is 20.5 Å². The molecule has 0 bridgehead atoms. The molecular formula is C54H60F3N9O4S2. The number of aromatic nitrogens is 1. The second kappa shape index (κ2) is 22.0. The van der Waals surface area contributed by atoms with E-state index in [-0.39, 0.29) is 41.0 Å². The van der Waals surface area contributed by atoms with E-state index in [1.807, 2.05) is 113 Å². The normalized spacial score (nSPS) is 17.2. The van der Waals surface area contributed by atoms with Crippen LogP contribution in [0.3, 0.4) is 0 Å². The number of halogens is 3. The van der Waals surface area contributed by atoms with Gasteiger partial charge in [0.05, 0.1) is 33.8 Å². The first-order valence-electron chi connectivity index (χ1n) is 23.8. The molecule has 0 unspecified atom stereocenters. The number of benzene rings is 4. The predicted octanol–water partition coefficient (Wildman–Crippen LogP) is 11.0. The fourth-order valence-electron chi connectivity index (χ4n) is 9.00. The van der Waals surface area contributed by atoms with E-state index in [0.29, 0.717) is 44.8 Å². The number of ether oxygens (including phenoxy) is 1. The molecule has 3 atom stereocenters. The van der Waals surface area contributed by atoms with Gasteiger partial charge in [-0.2, -0.15) is 13.2 Å². The fourth-order valence-corrected chi connectivity index (χ4v) is 10.3. The zero-order valence-electron chi connectivity index (χ0n) is 41.4. The molecular weight excluding hydrogens is 960 g/mol. The summed E-state index contributed by atoms with van der Waals surface area (Å²) in [5, 5.41) is 18.4. The van der Waals surface area contributed by atoms with Gasteiger partial charge in [-0.3, -0.25) is 24.7 Å². The molecule has 7 rings (SSSR count). The molecule has 3 heterocycles. The number of alkyl halides is 3. The van der Waals surface area contributed by atoms with Gasteiger partial charge in [0.15, 0.2) is 10.8 Å². The van der Waals surface area contributed by atoms with Gasteiger partial charge >= 0.3 is 6.18 Å². The molecule has 0 saturated carbocycles. The van der Waals surface area contributed by atoms with Crippen LogP contribution in [0.25, 0.3) is 26.4 Å². The molecule has 2 aliphatic heterocycles. The first kappa shape index (κ1) is 53.1. The fraction of sp³-hybridized carbons (Fsp3) is 0.389. The highest BCUT2D eigenvalue weighted by Crippen LogP contribution is 2.42. The number of nitrogens with zero attached hydrogens (tertiary/aromatic N) is 5. The average molecular weight is 1020 g/mol. The van der Waals surface area contributed by atoms with Crippen molar-refractivity contribution >= 4 is 75.0 Å². The van der Waals surface area contributed by atoms with Crippen LogP contribution in [-0.2, 0) is 31.8 Å². The van der Waals surface area contributed by atoms with Crippen LogP contribution in [0, 0.1) is 30.2 Å². The zero-order valence-corrected chi connectivity index (χ0v) is 43.1. The Morgan fingerprint density at radius 3 is 2.21 bits per heavy atom. The Kier molecular flexibility index (Phi) is 16.2. The van der Waals surface area contributed by atoms with E-state index < -0.39 is 46.4 Å². The summed E-state index contributed by atoms with van der Waals surface area (Å²) in [6.45, 7) is 22.0. The molecule has 0 radical (unpaired) electrons. The lowest BCUT2D eigenvalue weighted by molar-refractivity contribution is -0.144. The highest BCUT2D eigenvalue weighted by molar-refractivity contribution is 7.81. The van der Waals surface area contributed by atoms with E-state index in [2.05, 4.69) is 25.8 Å². The maximum absolute atomic E-state index is 14.1. The van der Waals surface area contributed by atoms with Crippen molar-refractivity contribution < 1.29 is 32.3 Å². The molecule has 3 amide bonds. The van der Waals surface area contributed by atoms with Crippen LogP contribution in [0.2, 0.25) is 0 Å². The van der Waals surface area contributed by atoms with Crippen LogP contribution >= 0.6 is 23.6 Å². The summed E-state index contributed by atoms with van der Waals surface area (Å²) in [7, 11) is 0. The summed E-state index contributed by atoms with van der Waals surface area (Å²) < 4.78 is 47.2. The summed E-state index contributed by atoms with van der Waals surface area (Å²) in [4.78, 5) is 54.0. The third-order valence-electron chi connectivity index (χ3n) is 13.0. The first-order chi connectivity index (χ1) is 34.1. The van der Waals surface area contributed by atoms with Gasteiger partial charge in [0.1, 0.15) is 24.5 Å². The maximum atomic E-state index is 14.1. The number of hydrogen-bond acceptors (Lipinski definition) is 9. The average Bonchev–Trinajstić information content (AvgIpc) is 4.01. The van der Waals surface area contributed by atoms with Gasteiger partial charge < -0.3 is 30.5 Å². The monoisotopic (exact) mass is 1020 g/mol. The van der Waals surface area contributed by atoms with Crippen molar-refractivity contribution in [1.29, 1.82) is 5.41 Å². The standard InChI is InChI=1S/C54H60F3N9O4S2/c1-33-27-44(48(68)61-29-35-11-13-38(14-12-35)46-34(2)62-32-72-46)64(30-33)49(69)47(52(3,4)5)63-45(67)31-70-26-10-9-25-60-39-19-15-36(16-20-39)37-17-21-40(22-18-37)66-51(71)65(50(58)53(66,6)7)41-23-24-43(59-8)42(28-41)54(55,56)57/h11-24,28,32-33,44,47,58,60H,9-10,25-27,29-31H2,1-7H3,(H,61,68)(H,63,67)/t33-,44+,47-/m1/s1. The first-order valence-corrected chi connectivity index (χ1v) is 25.1. The molecule has 0 spiro atoms. The number of hydrogen-bond donors (Lipinski definition) is 4. The third-order valence-corrected chi connectivity index (χ3v) is 14.3. The minimum Gasteiger partial charge on any atom is -0.385 e. The number of likely N-dealkylation sites (tertiary alicyclic amines) is 1. The molecule has 2 fully saturated rings. The summed E-state index contributed by atoms with van der Waals surface area (Å²) in [5.41, 5.74) is 5.15. The van der Waals surface area contributed by atoms with Gasteiger partial charge in [0.25, 0.3) is 0 Å². The SMILES string of the molecule is [C-]#[N+]c1ccc(N2C(=N)C(C)(C)N(c3ccc(-c4ccc(NCCCCOCC(=O)N[C@H](C(=O)N5C[C@H](C)C[C@H]5C(=O)NCc5ccc(-c6scnc6C)cc5)C(C)(C)C)cc4)cc3)C2=S)cc1C(F)(F)F. The zero-order chi connectivity index (χ0) is 52.1. The second-order valence-corrected chi connectivity index (χ2v) is 21.1.